The number of allylic oxidation sites excluding steroid dienone is 1. The molecule has 1 heterocycles. The standard InChI is InChI=1S/C14H14N2O/c1-12-6-8-13(9-7-12)16-15-10-2-4-14-5-3-11-17-14/h2-11,16H,1H3/b4-2+,15-10+. The molecule has 0 atom stereocenters. The minimum atomic E-state index is 0.812. The number of anilines is 1. The molecule has 0 unspecified atom stereocenters. The van der Waals surface area contributed by atoms with Crippen LogP contribution in [-0.4, -0.2) is 6.21 Å². The van der Waals surface area contributed by atoms with E-state index in [0.29, 0.717) is 0 Å². The van der Waals surface area contributed by atoms with Crippen LogP contribution in [0.2, 0.25) is 0 Å². The summed E-state index contributed by atoms with van der Waals surface area (Å²) in [5.41, 5.74) is 5.14. The number of aryl methyl sites for hydroxylation is 1. The Morgan fingerprint density at radius 2 is 2.00 bits per heavy atom. The molecule has 2 rings (SSSR count). The number of furan rings is 1. The van der Waals surface area contributed by atoms with Crippen LogP contribution < -0.4 is 5.43 Å². The third-order valence-electron chi connectivity index (χ3n) is 2.21. The van der Waals surface area contributed by atoms with Crippen molar-refractivity contribution in [1.82, 2.24) is 0 Å². The second-order valence-electron chi connectivity index (χ2n) is 3.63. The lowest BCUT2D eigenvalue weighted by Gasteiger charge is -1.98. The van der Waals surface area contributed by atoms with E-state index < -0.39 is 0 Å². The van der Waals surface area contributed by atoms with Crippen molar-refractivity contribution in [2.75, 3.05) is 5.43 Å². The maximum absolute atomic E-state index is 5.14. The Balaban J connectivity index is 1.84. The van der Waals surface area contributed by atoms with Gasteiger partial charge in [0.05, 0.1) is 12.0 Å². The van der Waals surface area contributed by atoms with Crippen molar-refractivity contribution in [2.45, 2.75) is 6.92 Å². The highest BCUT2D eigenvalue weighted by atomic mass is 16.3. The molecule has 0 bridgehead atoms. The molecule has 0 saturated heterocycles. The van der Waals surface area contributed by atoms with Gasteiger partial charge in [0.2, 0.25) is 0 Å². The molecule has 0 saturated carbocycles. The van der Waals surface area contributed by atoms with Crippen molar-refractivity contribution >= 4 is 18.0 Å². The summed E-state index contributed by atoms with van der Waals surface area (Å²) < 4.78 is 5.14. The lowest BCUT2D eigenvalue weighted by Crippen LogP contribution is -1.87. The SMILES string of the molecule is Cc1ccc(N/N=C/C=C/c2ccco2)cc1. The minimum Gasteiger partial charge on any atom is -0.465 e. The van der Waals surface area contributed by atoms with Crippen LogP contribution in [0.15, 0.2) is 58.3 Å². The topological polar surface area (TPSA) is 37.5 Å². The third kappa shape index (κ3) is 3.65. The van der Waals surface area contributed by atoms with Crippen molar-refractivity contribution in [1.29, 1.82) is 0 Å². The van der Waals surface area contributed by atoms with Crippen molar-refractivity contribution < 1.29 is 4.42 Å². The Morgan fingerprint density at radius 3 is 2.71 bits per heavy atom. The third-order valence-corrected chi connectivity index (χ3v) is 2.21. The van der Waals surface area contributed by atoms with Crippen LogP contribution in [-0.2, 0) is 0 Å². The molecule has 1 aromatic carbocycles. The predicted octanol–water partition coefficient (Wildman–Crippen LogP) is 3.70. The minimum absolute atomic E-state index is 0.812. The fourth-order valence-electron chi connectivity index (χ4n) is 1.31. The van der Waals surface area contributed by atoms with Gasteiger partial charge in [0, 0.05) is 6.21 Å². The maximum Gasteiger partial charge on any atom is 0.126 e. The number of nitrogens with one attached hydrogen (secondary N) is 1. The van der Waals surface area contributed by atoms with Gasteiger partial charge in [-0.3, -0.25) is 5.43 Å². The maximum atomic E-state index is 5.14. The summed E-state index contributed by atoms with van der Waals surface area (Å²) in [5.74, 6) is 0.812. The zero-order valence-electron chi connectivity index (χ0n) is 9.63. The van der Waals surface area contributed by atoms with E-state index in [0.717, 1.165) is 11.4 Å². The largest absolute Gasteiger partial charge is 0.465 e. The highest BCUT2D eigenvalue weighted by Gasteiger charge is 1.87. The smallest absolute Gasteiger partial charge is 0.126 e. The van der Waals surface area contributed by atoms with E-state index >= 15 is 0 Å². The molecule has 0 aliphatic rings. The van der Waals surface area contributed by atoms with Crippen LogP contribution in [0.4, 0.5) is 5.69 Å². The molecular formula is C14H14N2O. The summed E-state index contributed by atoms with van der Waals surface area (Å²) in [5, 5.41) is 4.07. The fourth-order valence-corrected chi connectivity index (χ4v) is 1.31. The zero-order chi connectivity index (χ0) is 11.9. The second kappa shape index (κ2) is 5.70. The molecule has 0 radical (unpaired) electrons. The lowest BCUT2D eigenvalue weighted by atomic mass is 10.2. The van der Waals surface area contributed by atoms with Crippen LogP contribution in [0, 0.1) is 6.92 Å². The number of rotatable bonds is 4. The lowest BCUT2D eigenvalue weighted by molar-refractivity contribution is 0.557. The molecule has 0 fully saturated rings. The highest BCUT2D eigenvalue weighted by molar-refractivity contribution is 5.78. The summed E-state index contributed by atoms with van der Waals surface area (Å²) in [7, 11) is 0. The summed E-state index contributed by atoms with van der Waals surface area (Å²) in [4.78, 5) is 0. The number of hydrazone groups is 1. The first-order valence-electron chi connectivity index (χ1n) is 5.40. The van der Waals surface area contributed by atoms with Crippen molar-refractivity contribution in [3.8, 4) is 0 Å². The molecule has 0 aliphatic carbocycles. The first kappa shape index (κ1) is 11.2. The summed E-state index contributed by atoms with van der Waals surface area (Å²) in [6.07, 6.45) is 6.99. The van der Waals surface area contributed by atoms with Crippen LogP contribution >= 0.6 is 0 Å². The van der Waals surface area contributed by atoms with Gasteiger partial charge in [0.15, 0.2) is 0 Å². The normalized spacial score (nSPS) is 11.4. The quantitative estimate of drug-likeness (QED) is 0.637. The van der Waals surface area contributed by atoms with E-state index in [1.165, 1.54) is 5.56 Å². The van der Waals surface area contributed by atoms with Gasteiger partial charge in [-0.2, -0.15) is 5.10 Å². The summed E-state index contributed by atoms with van der Waals surface area (Å²) in [6, 6.07) is 11.8. The molecular weight excluding hydrogens is 212 g/mol. The number of hydrogen-bond donors (Lipinski definition) is 1. The van der Waals surface area contributed by atoms with Gasteiger partial charge in [-0.25, -0.2) is 0 Å². The van der Waals surface area contributed by atoms with Crippen LogP contribution in [0.25, 0.3) is 6.08 Å². The predicted molar refractivity (Wildman–Crippen MR) is 71.0 cm³/mol. The summed E-state index contributed by atoms with van der Waals surface area (Å²) in [6.45, 7) is 2.05. The highest BCUT2D eigenvalue weighted by Crippen LogP contribution is 2.07. The van der Waals surface area contributed by atoms with Gasteiger partial charge in [-0.1, -0.05) is 17.7 Å². The average Bonchev–Trinajstić information content (AvgIpc) is 2.84. The molecule has 17 heavy (non-hydrogen) atoms. The van der Waals surface area contributed by atoms with Crippen molar-refractivity contribution in [3.05, 3.63) is 60.1 Å². The summed E-state index contributed by atoms with van der Waals surface area (Å²) >= 11 is 0. The zero-order valence-corrected chi connectivity index (χ0v) is 9.63. The average molecular weight is 226 g/mol. The number of nitrogens with zero attached hydrogens (tertiary/aromatic N) is 1. The molecule has 86 valence electrons. The first-order valence-corrected chi connectivity index (χ1v) is 5.40. The van der Waals surface area contributed by atoms with E-state index in [1.807, 2.05) is 48.6 Å². The molecule has 0 aliphatic heterocycles. The van der Waals surface area contributed by atoms with Crippen molar-refractivity contribution in [2.24, 2.45) is 5.10 Å². The Labute approximate surface area is 100 Å². The first-order chi connectivity index (χ1) is 8.34. The molecule has 2 aromatic rings. The molecule has 0 spiro atoms. The monoisotopic (exact) mass is 226 g/mol. The molecule has 3 heteroatoms. The Morgan fingerprint density at radius 1 is 1.18 bits per heavy atom. The molecule has 0 amide bonds. The van der Waals surface area contributed by atoms with Crippen LogP contribution in [0.3, 0.4) is 0 Å². The Bertz CT molecular complexity index is 496. The van der Waals surface area contributed by atoms with Crippen LogP contribution in [0.5, 0.6) is 0 Å². The van der Waals surface area contributed by atoms with Gasteiger partial charge in [0.25, 0.3) is 0 Å². The van der Waals surface area contributed by atoms with Gasteiger partial charge in [-0.15, -0.1) is 0 Å². The van der Waals surface area contributed by atoms with Crippen molar-refractivity contribution in [3.63, 3.8) is 0 Å². The number of benzene rings is 1. The van der Waals surface area contributed by atoms with Gasteiger partial charge in [0.1, 0.15) is 5.76 Å². The van der Waals surface area contributed by atoms with Crippen LogP contribution in [0.1, 0.15) is 11.3 Å². The van der Waals surface area contributed by atoms with E-state index in [-0.39, 0.29) is 0 Å². The second-order valence-corrected chi connectivity index (χ2v) is 3.63. The number of hydrogen-bond acceptors (Lipinski definition) is 3. The Hall–Kier alpha value is -2.29. The van der Waals surface area contributed by atoms with E-state index in [1.54, 1.807) is 12.5 Å². The van der Waals surface area contributed by atoms with E-state index in [2.05, 4.69) is 17.5 Å². The molecule has 3 nitrogen and oxygen atoms in total. The van der Waals surface area contributed by atoms with E-state index in [9.17, 15) is 0 Å². The van der Waals surface area contributed by atoms with Gasteiger partial charge >= 0.3 is 0 Å². The van der Waals surface area contributed by atoms with Gasteiger partial charge < -0.3 is 4.42 Å². The fraction of sp³-hybridized carbons (Fsp3) is 0.0714. The Kier molecular flexibility index (Phi) is 3.76. The molecule has 1 N–H and O–H groups in total. The van der Waals surface area contributed by atoms with E-state index in [4.69, 9.17) is 4.42 Å². The van der Waals surface area contributed by atoms with Gasteiger partial charge in [-0.05, 0) is 43.3 Å². The molecule has 1 aromatic heterocycles.